The first kappa shape index (κ1) is 18.8. The SMILES string of the molecule is NC(=NCCCCCOC1CCCCC1)NCCc1ccccc1. The van der Waals surface area contributed by atoms with Crippen molar-refractivity contribution in [2.75, 3.05) is 19.7 Å². The van der Waals surface area contributed by atoms with Crippen LogP contribution in [0.1, 0.15) is 56.9 Å². The topological polar surface area (TPSA) is 59.6 Å². The van der Waals surface area contributed by atoms with Crippen LogP contribution in [0.25, 0.3) is 0 Å². The number of ether oxygens (including phenoxy) is 1. The smallest absolute Gasteiger partial charge is 0.188 e. The summed E-state index contributed by atoms with van der Waals surface area (Å²) in [6, 6.07) is 10.4. The highest BCUT2D eigenvalue weighted by Gasteiger charge is 2.12. The van der Waals surface area contributed by atoms with E-state index in [4.69, 9.17) is 10.5 Å². The van der Waals surface area contributed by atoms with Crippen molar-refractivity contribution in [1.82, 2.24) is 5.32 Å². The minimum Gasteiger partial charge on any atom is -0.378 e. The fourth-order valence-corrected chi connectivity index (χ4v) is 3.11. The van der Waals surface area contributed by atoms with Crippen LogP contribution in [0.4, 0.5) is 0 Å². The van der Waals surface area contributed by atoms with E-state index in [-0.39, 0.29) is 0 Å². The summed E-state index contributed by atoms with van der Waals surface area (Å²) in [5.74, 6) is 0.560. The number of nitrogens with one attached hydrogen (secondary N) is 1. The molecule has 2 rings (SSSR count). The molecule has 0 heterocycles. The van der Waals surface area contributed by atoms with Crippen LogP contribution in [0.15, 0.2) is 35.3 Å². The molecule has 0 spiro atoms. The zero-order chi connectivity index (χ0) is 16.9. The molecule has 1 saturated carbocycles. The lowest BCUT2D eigenvalue weighted by molar-refractivity contribution is 0.0264. The Morgan fingerprint density at radius 1 is 1.08 bits per heavy atom. The maximum Gasteiger partial charge on any atom is 0.188 e. The van der Waals surface area contributed by atoms with Crippen molar-refractivity contribution >= 4 is 5.96 Å². The first-order valence-electron chi connectivity index (χ1n) is 9.54. The molecular weight excluding hydrogens is 298 g/mol. The number of unbranched alkanes of at least 4 members (excludes halogenated alkanes) is 2. The Kier molecular flexibility index (Phi) is 9.32. The van der Waals surface area contributed by atoms with Gasteiger partial charge in [-0.1, -0.05) is 49.6 Å². The Hall–Kier alpha value is -1.55. The average molecular weight is 332 g/mol. The van der Waals surface area contributed by atoms with Gasteiger partial charge < -0.3 is 15.8 Å². The maximum atomic E-state index is 5.93. The molecule has 0 radical (unpaired) electrons. The summed E-state index contributed by atoms with van der Waals surface area (Å²) in [4.78, 5) is 4.39. The van der Waals surface area contributed by atoms with Gasteiger partial charge in [-0.15, -0.1) is 0 Å². The molecule has 0 bridgehead atoms. The van der Waals surface area contributed by atoms with E-state index in [0.29, 0.717) is 12.1 Å². The second kappa shape index (κ2) is 11.9. The highest BCUT2D eigenvalue weighted by atomic mass is 16.5. The minimum atomic E-state index is 0.529. The Balaban J connectivity index is 1.43. The number of benzene rings is 1. The van der Waals surface area contributed by atoms with E-state index in [2.05, 4.69) is 34.6 Å². The van der Waals surface area contributed by atoms with Gasteiger partial charge in [0.05, 0.1) is 6.10 Å². The molecule has 0 amide bonds. The Morgan fingerprint density at radius 3 is 2.67 bits per heavy atom. The Labute approximate surface area is 146 Å². The van der Waals surface area contributed by atoms with Gasteiger partial charge in [0.15, 0.2) is 5.96 Å². The van der Waals surface area contributed by atoms with Crippen molar-refractivity contribution in [3.8, 4) is 0 Å². The molecule has 134 valence electrons. The zero-order valence-electron chi connectivity index (χ0n) is 14.9. The van der Waals surface area contributed by atoms with E-state index in [1.54, 1.807) is 0 Å². The molecule has 1 aromatic carbocycles. The summed E-state index contributed by atoms with van der Waals surface area (Å²) < 4.78 is 5.93. The fraction of sp³-hybridized carbons (Fsp3) is 0.650. The molecule has 0 saturated heterocycles. The lowest BCUT2D eigenvalue weighted by Gasteiger charge is -2.21. The summed E-state index contributed by atoms with van der Waals surface area (Å²) in [6.07, 6.45) is 11.5. The van der Waals surface area contributed by atoms with Crippen LogP contribution in [-0.2, 0) is 11.2 Å². The number of guanidine groups is 1. The first-order valence-corrected chi connectivity index (χ1v) is 9.54. The van der Waals surface area contributed by atoms with Gasteiger partial charge in [0.1, 0.15) is 0 Å². The van der Waals surface area contributed by atoms with Crippen molar-refractivity contribution in [3.05, 3.63) is 35.9 Å². The molecule has 0 unspecified atom stereocenters. The molecule has 1 aliphatic rings. The van der Waals surface area contributed by atoms with Gasteiger partial charge in [0.2, 0.25) is 0 Å². The lowest BCUT2D eigenvalue weighted by atomic mass is 9.98. The van der Waals surface area contributed by atoms with Crippen molar-refractivity contribution in [3.63, 3.8) is 0 Å². The van der Waals surface area contributed by atoms with Crippen molar-refractivity contribution in [2.24, 2.45) is 10.7 Å². The number of nitrogens with two attached hydrogens (primary N) is 1. The van der Waals surface area contributed by atoms with Crippen LogP contribution in [0.5, 0.6) is 0 Å². The Bertz CT molecular complexity index is 455. The van der Waals surface area contributed by atoms with Crippen LogP contribution >= 0.6 is 0 Å². The van der Waals surface area contributed by atoms with Crippen molar-refractivity contribution < 1.29 is 4.74 Å². The monoisotopic (exact) mass is 331 g/mol. The molecule has 3 N–H and O–H groups in total. The highest BCUT2D eigenvalue weighted by Crippen LogP contribution is 2.20. The van der Waals surface area contributed by atoms with E-state index in [1.165, 1.54) is 37.7 Å². The zero-order valence-corrected chi connectivity index (χ0v) is 14.9. The van der Waals surface area contributed by atoms with Crippen LogP contribution in [0, 0.1) is 0 Å². The molecule has 0 aromatic heterocycles. The van der Waals surface area contributed by atoms with Crippen LogP contribution in [-0.4, -0.2) is 31.8 Å². The third-order valence-electron chi connectivity index (χ3n) is 4.55. The number of aliphatic imine (C=N–C) groups is 1. The predicted octanol–water partition coefficient (Wildman–Crippen LogP) is 3.65. The summed E-state index contributed by atoms with van der Waals surface area (Å²) >= 11 is 0. The van der Waals surface area contributed by atoms with Crippen LogP contribution < -0.4 is 11.1 Å². The molecule has 1 fully saturated rings. The van der Waals surface area contributed by atoms with Crippen molar-refractivity contribution in [2.45, 2.75) is 63.9 Å². The second-order valence-corrected chi connectivity index (χ2v) is 6.62. The van der Waals surface area contributed by atoms with Crippen LogP contribution in [0.2, 0.25) is 0 Å². The van der Waals surface area contributed by atoms with Gasteiger partial charge in [-0.05, 0) is 44.1 Å². The van der Waals surface area contributed by atoms with Gasteiger partial charge >= 0.3 is 0 Å². The summed E-state index contributed by atoms with van der Waals surface area (Å²) in [5.41, 5.74) is 7.21. The number of hydrogen-bond acceptors (Lipinski definition) is 2. The molecular formula is C20H33N3O. The molecule has 0 atom stereocenters. The minimum absolute atomic E-state index is 0.529. The number of hydrogen-bond donors (Lipinski definition) is 2. The largest absolute Gasteiger partial charge is 0.378 e. The maximum absolute atomic E-state index is 5.93. The van der Waals surface area contributed by atoms with Gasteiger partial charge in [-0.25, -0.2) is 0 Å². The molecule has 24 heavy (non-hydrogen) atoms. The van der Waals surface area contributed by atoms with Gasteiger partial charge in [-0.2, -0.15) is 0 Å². The first-order chi connectivity index (χ1) is 11.8. The Morgan fingerprint density at radius 2 is 1.88 bits per heavy atom. The average Bonchev–Trinajstić information content (AvgIpc) is 2.63. The van der Waals surface area contributed by atoms with Gasteiger partial charge in [0, 0.05) is 19.7 Å². The lowest BCUT2D eigenvalue weighted by Crippen LogP contribution is -2.33. The fourth-order valence-electron chi connectivity index (χ4n) is 3.11. The summed E-state index contributed by atoms with van der Waals surface area (Å²) in [5, 5.41) is 3.18. The highest BCUT2D eigenvalue weighted by molar-refractivity contribution is 5.77. The standard InChI is InChI=1S/C20H33N3O/c21-20(23-16-14-18-10-4-1-5-11-18)22-15-8-3-9-17-24-19-12-6-2-7-13-19/h1,4-5,10-11,19H,2-3,6-9,12-17H2,(H3,21,22,23). The van der Waals surface area contributed by atoms with E-state index in [1.807, 2.05) is 6.07 Å². The molecule has 0 aliphatic heterocycles. The van der Waals surface area contributed by atoms with E-state index >= 15 is 0 Å². The predicted molar refractivity (Wildman–Crippen MR) is 101 cm³/mol. The number of nitrogens with zero attached hydrogens (tertiary/aromatic N) is 1. The summed E-state index contributed by atoms with van der Waals surface area (Å²) in [6.45, 7) is 2.53. The third kappa shape index (κ3) is 8.34. The molecule has 1 aromatic rings. The quantitative estimate of drug-likeness (QED) is 0.391. The van der Waals surface area contributed by atoms with Crippen LogP contribution in [0.3, 0.4) is 0 Å². The normalized spacial score (nSPS) is 16.2. The molecule has 4 nitrogen and oxygen atoms in total. The second-order valence-electron chi connectivity index (χ2n) is 6.62. The van der Waals surface area contributed by atoms with Crippen molar-refractivity contribution in [1.29, 1.82) is 0 Å². The summed E-state index contributed by atoms with van der Waals surface area (Å²) in [7, 11) is 0. The molecule has 4 heteroatoms. The van der Waals surface area contributed by atoms with E-state index < -0.39 is 0 Å². The van der Waals surface area contributed by atoms with Gasteiger partial charge in [0.25, 0.3) is 0 Å². The van der Waals surface area contributed by atoms with Gasteiger partial charge in [-0.3, -0.25) is 4.99 Å². The van der Waals surface area contributed by atoms with E-state index in [0.717, 1.165) is 45.4 Å². The van der Waals surface area contributed by atoms with E-state index in [9.17, 15) is 0 Å². The molecule has 1 aliphatic carbocycles. The number of rotatable bonds is 10. The third-order valence-corrected chi connectivity index (χ3v) is 4.55.